The van der Waals surface area contributed by atoms with Crippen molar-refractivity contribution in [2.45, 2.75) is 45.6 Å². The molecule has 3 N–H and O–H groups in total. The number of aromatic amines is 1. The molecule has 1 aliphatic rings. The number of aromatic nitrogens is 3. The molecule has 33 heavy (non-hydrogen) atoms. The van der Waals surface area contributed by atoms with Crippen LogP contribution in [-0.4, -0.2) is 26.6 Å². The molecule has 2 heterocycles. The van der Waals surface area contributed by atoms with Gasteiger partial charge < -0.3 is 4.98 Å². The first kappa shape index (κ1) is 20.9. The normalized spacial score (nSPS) is 13.1. The van der Waals surface area contributed by atoms with Crippen LogP contribution in [0.4, 0.5) is 0 Å². The third-order valence-corrected chi connectivity index (χ3v) is 6.17. The average molecular weight is 444 g/mol. The van der Waals surface area contributed by atoms with Gasteiger partial charge in [0, 0.05) is 34.1 Å². The fourth-order valence-electron chi connectivity index (χ4n) is 4.56. The van der Waals surface area contributed by atoms with E-state index in [1.807, 2.05) is 19.1 Å². The van der Waals surface area contributed by atoms with E-state index in [1.54, 1.807) is 30.3 Å². The number of hydrogen-bond donors (Lipinski definition) is 3. The first-order valence-electron chi connectivity index (χ1n) is 11.3. The zero-order valence-electron chi connectivity index (χ0n) is 18.4. The molecule has 168 valence electrons. The molecule has 2 aromatic carbocycles. The zero-order chi connectivity index (χ0) is 22.9. The summed E-state index contributed by atoms with van der Waals surface area (Å²) < 4.78 is 1.29. The van der Waals surface area contributed by atoms with Crippen LogP contribution in [0.15, 0.2) is 47.3 Å². The average Bonchev–Trinajstić information content (AvgIpc) is 3.22. The van der Waals surface area contributed by atoms with Gasteiger partial charge in [0.25, 0.3) is 17.4 Å². The monoisotopic (exact) mass is 443 g/mol. The van der Waals surface area contributed by atoms with E-state index in [0.29, 0.717) is 29.3 Å². The summed E-state index contributed by atoms with van der Waals surface area (Å²) >= 11 is 0. The molecule has 2 amide bonds. The van der Waals surface area contributed by atoms with Crippen molar-refractivity contribution in [1.29, 1.82) is 0 Å². The van der Waals surface area contributed by atoms with E-state index in [9.17, 15) is 14.4 Å². The van der Waals surface area contributed by atoms with E-state index in [0.717, 1.165) is 30.2 Å². The molecule has 0 saturated carbocycles. The summed E-state index contributed by atoms with van der Waals surface area (Å²) in [5, 5.41) is 6.18. The fourth-order valence-corrected chi connectivity index (χ4v) is 4.56. The van der Waals surface area contributed by atoms with Gasteiger partial charge in [0.15, 0.2) is 5.69 Å². The maximum Gasteiger partial charge on any atom is 0.290 e. The second-order valence-electron chi connectivity index (χ2n) is 8.38. The standard InChI is InChI=1S/C25H25N5O3/c1-2-13-30-25(33)18-9-4-3-8-17(18)22(29-30)24(32)28-27-23(31)15-11-12-21-19(14-15)16-7-5-6-10-20(16)26-21/h3-4,8-9,11-12,14,26H,2,5-7,10,13H2,1H3,(H,27,31)(H,28,32). The number of hydrogen-bond acceptors (Lipinski definition) is 4. The van der Waals surface area contributed by atoms with Crippen LogP contribution in [-0.2, 0) is 19.4 Å². The van der Waals surface area contributed by atoms with Crippen molar-refractivity contribution in [2.75, 3.05) is 0 Å². The fraction of sp³-hybridized carbons (Fsp3) is 0.280. The number of fused-ring (bicyclic) bond motifs is 4. The Morgan fingerprint density at radius 2 is 1.76 bits per heavy atom. The van der Waals surface area contributed by atoms with E-state index >= 15 is 0 Å². The molecule has 0 saturated heterocycles. The molecule has 2 aromatic heterocycles. The van der Waals surface area contributed by atoms with Crippen molar-refractivity contribution in [3.05, 3.63) is 75.3 Å². The summed E-state index contributed by atoms with van der Waals surface area (Å²) in [5.41, 5.74) is 8.82. The molecule has 8 nitrogen and oxygen atoms in total. The van der Waals surface area contributed by atoms with E-state index in [2.05, 4.69) is 20.9 Å². The Kier molecular flexibility index (Phi) is 5.42. The van der Waals surface area contributed by atoms with Gasteiger partial charge in [0.05, 0.1) is 5.39 Å². The number of hydrazine groups is 1. The van der Waals surface area contributed by atoms with Crippen LogP contribution < -0.4 is 16.4 Å². The largest absolute Gasteiger partial charge is 0.358 e. The van der Waals surface area contributed by atoms with Gasteiger partial charge in [-0.25, -0.2) is 4.68 Å². The zero-order valence-corrected chi connectivity index (χ0v) is 18.4. The third-order valence-electron chi connectivity index (χ3n) is 6.17. The van der Waals surface area contributed by atoms with Gasteiger partial charge >= 0.3 is 0 Å². The lowest BCUT2D eigenvalue weighted by molar-refractivity contribution is 0.0843. The molecule has 0 fully saturated rings. The Balaban J connectivity index is 1.39. The van der Waals surface area contributed by atoms with Crippen molar-refractivity contribution in [2.24, 2.45) is 0 Å². The number of rotatable bonds is 4. The van der Waals surface area contributed by atoms with Crippen molar-refractivity contribution in [3.63, 3.8) is 0 Å². The van der Waals surface area contributed by atoms with Crippen LogP contribution in [0, 0.1) is 0 Å². The van der Waals surface area contributed by atoms with E-state index in [1.165, 1.54) is 22.4 Å². The van der Waals surface area contributed by atoms with Gasteiger partial charge in [-0.3, -0.25) is 25.2 Å². The lowest BCUT2D eigenvalue weighted by Crippen LogP contribution is -2.42. The van der Waals surface area contributed by atoms with Crippen molar-refractivity contribution >= 4 is 33.5 Å². The van der Waals surface area contributed by atoms with Crippen molar-refractivity contribution in [3.8, 4) is 0 Å². The highest BCUT2D eigenvalue weighted by Crippen LogP contribution is 2.29. The Labute approximate surface area is 190 Å². The van der Waals surface area contributed by atoms with Gasteiger partial charge in [-0.1, -0.05) is 25.1 Å². The molecule has 0 aliphatic heterocycles. The third kappa shape index (κ3) is 3.77. The minimum Gasteiger partial charge on any atom is -0.358 e. The lowest BCUT2D eigenvalue weighted by atomic mass is 9.95. The van der Waals surface area contributed by atoms with E-state index < -0.39 is 11.8 Å². The molecule has 0 radical (unpaired) electrons. The molecular formula is C25H25N5O3. The SMILES string of the molecule is CCCn1nc(C(=O)NNC(=O)c2ccc3[nH]c4c(c3c2)CCCC4)c2ccccc2c1=O. The van der Waals surface area contributed by atoms with Crippen LogP contribution in [0.5, 0.6) is 0 Å². The molecule has 5 rings (SSSR count). The highest BCUT2D eigenvalue weighted by molar-refractivity contribution is 6.06. The lowest BCUT2D eigenvalue weighted by Gasteiger charge is -2.12. The number of amides is 2. The summed E-state index contributed by atoms with van der Waals surface area (Å²) in [6.45, 7) is 2.33. The smallest absolute Gasteiger partial charge is 0.290 e. The maximum atomic E-state index is 12.9. The highest BCUT2D eigenvalue weighted by Gasteiger charge is 2.19. The van der Waals surface area contributed by atoms with Crippen LogP contribution in [0.2, 0.25) is 0 Å². The predicted molar refractivity (Wildman–Crippen MR) is 126 cm³/mol. The quantitative estimate of drug-likeness (QED) is 0.421. The second kappa shape index (κ2) is 8.54. The van der Waals surface area contributed by atoms with Gasteiger partial charge in [0.1, 0.15) is 0 Å². The molecule has 8 heteroatoms. The molecule has 0 bridgehead atoms. The first-order valence-corrected chi connectivity index (χ1v) is 11.3. The number of benzene rings is 2. The minimum absolute atomic E-state index is 0.0918. The number of carbonyl (C=O) groups excluding carboxylic acids is 2. The molecule has 0 spiro atoms. The number of nitrogens with zero attached hydrogens (tertiary/aromatic N) is 2. The van der Waals surface area contributed by atoms with Crippen LogP contribution in [0.1, 0.15) is 58.3 Å². The molecule has 0 atom stereocenters. The Hall–Kier alpha value is -3.94. The van der Waals surface area contributed by atoms with Gasteiger partial charge in [-0.15, -0.1) is 0 Å². The van der Waals surface area contributed by atoms with Crippen LogP contribution in [0.3, 0.4) is 0 Å². The topological polar surface area (TPSA) is 109 Å². The van der Waals surface area contributed by atoms with Gasteiger partial charge in [-0.05, 0) is 61.9 Å². The van der Waals surface area contributed by atoms with E-state index in [4.69, 9.17) is 0 Å². The minimum atomic E-state index is -0.579. The molecule has 0 unspecified atom stereocenters. The Bertz CT molecular complexity index is 1450. The van der Waals surface area contributed by atoms with Crippen molar-refractivity contribution in [1.82, 2.24) is 25.6 Å². The Morgan fingerprint density at radius 1 is 1.00 bits per heavy atom. The van der Waals surface area contributed by atoms with Crippen molar-refractivity contribution < 1.29 is 9.59 Å². The Morgan fingerprint density at radius 3 is 2.58 bits per heavy atom. The first-order chi connectivity index (χ1) is 16.1. The number of carbonyl (C=O) groups is 2. The number of H-pyrrole nitrogens is 1. The second-order valence-corrected chi connectivity index (χ2v) is 8.38. The van der Waals surface area contributed by atoms with Gasteiger partial charge in [-0.2, -0.15) is 5.10 Å². The van der Waals surface area contributed by atoms with Crippen LogP contribution in [0.25, 0.3) is 21.7 Å². The predicted octanol–water partition coefficient (Wildman–Crippen LogP) is 3.24. The highest BCUT2D eigenvalue weighted by atomic mass is 16.2. The summed E-state index contributed by atoms with van der Waals surface area (Å²) in [6.07, 6.45) is 5.06. The molecule has 1 aliphatic carbocycles. The maximum absolute atomic E-state index is 12.9. The summed E-state index contributed by atoms with van der Waals surface area (Å²) in [7, 11) is 0. The molecular weight excluding hydrogens is 418 g/mol. The number of nitrogens with one attached hydrogen (secondary N) is 3. The molecule has 4 aromatic rings. The van der Waals surface area contributed by atoms with E-state index in [-0.39, 0.29) is 11.3 Å². The van der Waals surface area contributed by atoms with Crippen LogP contribution >= 0.6 is 0 Å². The summed E-state index contributed by atoms with van der Waals surface area (Å²) in [6, 6.07) is 12.4. The summed E-state index contributed by atoms with van der Waals surface area (Å²) in [5.74, 6) is -0.994. The number of aryl methyl sites for hydroxylation is 3. The van der Waals surface area contributed by atoms with Gasteiger partial charge in [0.2, 0.25) is 0 Å². The summed E-state index contributed by atoms with van der Waals surface area (Å²) in [4.78, 5) is 41.8.